The van der Waals surface area contributed by atoms with Gasteiger partial charge in [-0.05, 0) is 48.4 Å². The van der Waals surface area contributed by atoms with E-state index in [9.17, 15) is 14.0 Å². The van der Waals surface area contributed by atoms with Gasteiger partial charge in [-0.1, -0.05) is 23.7 Å². The molecule has 1 aliphatic heterocycles. The second-order valence-electron chi connectivity index (χ2n) is 6.45. The zero-order valence-electron chi connectivity index (χ0n) is 14.5. The third-order valence-electron chi connectivity index (χ3n) is 4.56. The van der Waals surface area contributed by atoms with Crippen molar-refractivity contribution in [1.82, 2.24) is 9.80 Å². The van der Waals surface area contributed by atoms with Gasteiger partial charge in [-0.2, -0.15) is 0 Å². The van der Waals surface area contributed by atoms with Gasteiger partial charge in [0.1, 0.15) is 5.82 Å². The molecule has 0 N–H and O–H groups in total. The Morgan fingerprint density at radius 3 is 2.23 bits per heavy atom. The molecule has 0 spiro atoms. The van der Waals surface area contributed by atoms with E-state index in [4.69, 9.17) is 11.6 Å². The highest BCUT2D eigenvalue weighted by Crippen LogP contribution is 2.19. The minimum absolute atomic E-state index is 0.00429. The van der Waals surface area contributed by atoms with Crippen LogP contribution in [0.25, 0.3) is 0 Å². The lowest BCUT2D eigenvalue weighted by molar-refractivity contribution is -0.131. The predicted molar refractivity (Wildman–Crippen MR) is 98.8 cm³/mol. The average Bonchev–Trinajstić information content (AvgIpc) is 2.64. The van der Waals surface area contributed by atoms with Crippen LogP contribution < -0.4 is 0 Å². The number of benzene rings is 2. The molecule has 4 nitrogen and oxygen atoms in total. The Hall–Kier alpha value is -2.40. The molecule has 2 aromatic carbocycles. The second-order valence-corrected chi connectivity index (χ2v) is 6.86. The first kappa shape index (κ1) is 18.4. The topological polar surface area (TPSA) is 40.6 Å². The van der Waals surface area contributed by atoms with Crippen molar-refractivity contribution in [3.05, 3.63) is 70.0 Å². The molecule has 2 aromatic rings. The fourth-order valence-electron chi connectivity index (χ4n) is 3.00. The minimum atomic E-state index is -0.369. The molecule has 0 unspecified atom stereocenters. The van der Waals surface area contributed by atoms with Crippen LogP contribution in [0, 0.1) is 12.7 Å². The van der Waals surface area contributed by atoms with Crippen LogP contribution in [0.2, 0.25) is 5.02 Å². The molecule has 6 heteroatoms. The second kappa shape index (κ2) is 7.87. The maximum Gasteiger partial charge on any atom is 0.253 e. The highest BCUT2D eigenvalue weighted by atomic mass is 35.5. The summed E-state index contributed by atoms with van der Waals surface area (Å²) in [5.41, 5.74) is 2.32. The lowest BCUT2D eigenvalue weighted by Gasteiger charge is -2.35. The molecule has 136 valence electrons. The van der Waals surface area contributed by atoms with E-state index in [2.05, 4.69) is 0 Å². The number of carbonyl (C=O) groups excluding carboxylic acids is 2. The summed E-state index contributed by atoms with van der Waals surface area (Å²) in [4.78, 5) is 28.4. The number of amides is 2. The third kappa shape index (κ3) is 4.22. The largest absolute Gasteiger partial charge is 0.339 e. The summed E-state index contributed by atoms with van der Waals surface area (Å²) in [5, 5.41) is 0.600. The van der Waals surface area contributed by atoms with Gasteiger partial charge in [0.05, 0.1) is 6.42 Å². The summed E-state index contributed by atoms with van der Waals surface area (Å²) in [5.74, 6) is -0.505. The van der Waals surface area contributed by atoms with Crippen LogP contribution in [-0.2, 0) is 11.2 Å². The van der Waals surface area contributed by atoms with E-state index in [-0.39, 0.29) is 24.1 Å². The molecule has 0 aliphatic carbocycles. The Bertz CT molecular complexity index is 815. The number of nitrogens with zero attached hydrogens (tertiary/aromatic N) is 2. The van der Waals surface area contributed by atoms with E-state index in [1.807, 2.05) is 25.1 Å². The Balaban J connectivity index is 1.56. The van der Waals surface area contributed by atoms with Gasteiger partial charge >= 0.3 is 0 Å². The van der Waals surface area contributed by atoms with E-state index in [1.54, 1.807) is 9.80 Å². The van der Waals surface area contributed by atoms with Crippen molar-refractivity contribution in [3.8, 4) is 0 Å². The molecular weight excluding hydrogens is 355 g/mol. The number of hydrogen-bond donors (Lipinski definition) is 0. The van der Waals surface area contributed by atoms with Crippen molar-refractivity contribution in [2.45, 2.75) is 13.3 Å². The molecule has 1 saturated heterocycles. The monoisotopic (exact) mass is 374 g/mol. The number of hydrogen-bond acceptors (Lipinski definition) is 2. The van der Waals surface area contributed by atoms with E-state index in [1.165, 1.54) is 24.3 Å². The van der Waals surface area contributed by atoms with E-state index < -0.39 is 0 Å². The standard InChI is InChI=1S/C20H20ClFN2O2/c1-14-2-3-16(18(21)12-14)13-19(25)23-8-10-24(11-9-23)20(26)15-4-6-17(22)7-5-15/h2-7,12H,8-11,13H2,1H3. The first-order valence-corrected chi connectivity index (χ1v) is 8.89. The Kier molecular flexibility index (Phi) is 5.57. The fourth-order valence-corrected chi connectivity index (χ4v) is 3.31. The minimum Gasteiger partial charge on any atom is -0.339 e. The Labute approximate surface area is 157 Å². The number of aryl methyl sites for hydroxylation is 1. The van der Waals surface area contributed by atoms with Crippen molar-refractivity contribution in [2.24, 2.45) is 0 Å². The van der Waals surface area contributed by atoms with Crippen molar-refractivity contribution in [1.29, 1.82) is 0 Å². The maximum absolute atomic E-state index is 13.0. The molecule has 0 radical (unpaired) electrons. The number of rotatable bonds is 3. The van der Waals surface area contributed by atoms with Crippen molar-refractivity contribution < 1.29 is 14.0 Å². The number of carbonyl (C=O) groups is 2. The smallest absolute Gasteiger partial charge is 0.253 e. The van der Waals surface area contributed by atoms with Gasteiger partial charge in [-0.15, -0.1) is 0 Å². The predicted octanol–water partition coefficient (Wildman–Crippen LogP) is 3.31. The van der Waals surface area contributed by atoms with Crippen LogP contribution in [0.3, 0.4) is 0 Å². The van der Waals surface area contributed by atoms with Crippen LogP contribution in [0.1, 0.15) is 21.5 Å². The molecular formula is C20H20ClFN2O2. The van der Waals surface area contributed by atoms with E-state index in [0.29, 0.717) is 36.8 Å². The molecule has 0 atom stereocenters. The summed E-state index contributed by atoms with van der Waals surface area (Å²) in [6.45, 7) is 3.84. The first-order valence-electron chi connectivity index (χ1n) is 8.51. The van der Waals surface area contributed by atoms with Crippen molar-refractivity contribution >= 4 is 23.4 Å². The zero-order valence-corrected chi connectivity index (χ0v) is 15.3. The van der Waals surface area contributed by atoms with Gasteiger partial charge in [0.25, 0.3) is 5.91 Å². The Morgan fingerprint density at radius 2 is 1.62 bits per heavy atom. The van der Waals surface area contributed by atoms with Gasteiger partial charge in [0.2, 0.25) is 5.91 Å². The number of halogens is 2. The lowest BCUT2D eigenvalue weighted by atomic mass is 10.1. The Morgan fingerprint density at radius 1 is 1.00 bits per heavy atom. The quantitative estimate of drug-likeness (QED) is 0.827. The molecule has 0 aromatic heterocycles. The van der Waals surface area contributed by atoms with Crippen molar-refractivity contribution in [3.63, 3.8) is 0 Å². The van der Waals surface area contributed by atoms with Crippen LogP contribution >= 0.6 is 11.6 Å². The fraction of sp³-hybridized carbons (Fsp3) is 0.300. The summed E-state index contributed by atoms with van der Waals surface area (Å²) in [6.07, 6.45) is 0.255. The molecule has 0 saturated carbocycles. The molecule has 3 rings (SSSR count). The summed E-state index contributed by atoms with van der Waals surface area (Å²) in [6, 6.07) is 11.2. The molecule has 1 aliphatic rings. The highest BCUT2D eigenvalue weighted by Gasteiger charge is 2.25. The SMILES string of the molecule is Cc1ccc(CC(=O)N2CCN(C(=O)c3ccc(F)cc3)CC2)c(Cl)c1. The summed E-state index contributed by atoms with van der Waals surface area (Å²) >= 11 is 6.21. The molecule has 26 heavy (non-hydrogen) atoms. The molecule has 1 heterocycles. The van der Waals surface area contributed by atoms with Crippen LogP contribution in [-0.4, -0.2) is 47.8 Å². The third-order valence-corrected chi connectivity index (χ3v) is 4.91. The number of piperazine rings is 1. The van der Waals surface area contributed by atoms with Gasteiger partial charge < -0.3 is 9.80 Å². The first-order chi connectivity index (χ1) is 12.4. The normalized spacial score (nSPS) is 14.4. The highest BCUT2D eigenvalue weighted by molar-refractivity contribution is 6.31. The molecule has 1 fully saturated rings. The van der Waals surface area contributed by atoms with Gasteiger partial charge in [0, 0.05) is 36.8 Å². The van der Waals surface area contributed by atoms with Crippen LogP contribution in [0.5, 0.6) is 0 Å². The summed E-state index contributed by atoms with van der Waals surface area (Å²) < 4.78 is 13.0. The van der Waals surface area contributed by atoms with Gasteiger partial charge in [-0.25, -0.2) is 4.39 Å². The maximum atomic E-state index is 13.0. The lowest BCUT2D eigenvalue weighted by Crippen LogP contribution is -2.51. The van der Waals surface area contributed by atoms with E-state index >= 15 is 0 Å². The molecule has 2 amide bonds. The average molecular weight is 375 g/mol. The van der Waals surface area contributed by atoms with E-state index in [0.717, 1.165) is 11.1 Å². The van der Waals surface area contributed by atoms with Gasteiger partial charge in [0.15, 0.2) is 0 Å². The van der Waals surface area contributed by atoms with Crippen LogP contribution in [0.4, 0.5) is 4.39 Å². The van der Waals surface area contributed by atoms with Gasteiger partial charge in [-0.3, -0.25) is 9.59 Å². The van der Waals surface area contributed by atoms with Crippen LogP contribution in [0.15, 0.2) is 42.5 Å². The summed E-state index contributed by atoms with van der Waals surface area (Å²) in [7, 11) is 0. The van der Waals surface area contributed by atoms with Crippen molar-refractivity contribution in [2.75, 3.05) is 26.2 Å². The zero-order chi connectivity index (χ0) is 18.7. The molecule has 0 bridgehead atoms.